The zero-order chi connectivity index (χ0) is 21.7. The summed E-state index contributed by atoms with van der Waals surface area (Å²) in [6.45, 7) is 4.32. The van der Waals surface area contributed by atoms with E-state index in [1.54, 1.807) is 23.1 Å². The van der Waals surface area contributed by atoms with Crippen molar-refractivity contribution in [3.8, 4) is 0 Å². The van der Waals surface area contributed by atoms with E-state index in [1.165, 1.54) is 0 Å². The molecule has 0 fully saturated rings. The fourth-order valence-corrected chi connectivity index (χ4v) is 4.31. The third kappa shape index (κ3) is 3.33. The lowest BCUT2D eigenvalue weighted by Crippen LogP contribution is -2.29. The van der Waals surface area contributed by atoms with E-state index in [0.717, 1.165) is 22.3 Å². The van der Waals surface area contributed by atoms with Crippen LogP contribution in [-0.2, 0) is 6.54 Å². The highest BCUT2D eigenvalue weighted by Crippen LogP contribution is 2.39. The van der Waals surface area contributed by atoms with Gasteiger partial charge in [0.25, 0.3) is 5.91 Å². The summed E-state index contributed by atoms with van der Waals surface area (Å²) in [6, 6.07) is 20.2. The molecule has 0 saturated carbocycles. The average molecular weight is 430 g/mol. The van der Waals surface area contributed by atoms with Gasteiger partial charge >= 0.3 is 0 Å². The summed E-state index contributed by atoms with van der Waals surface area (Å²) in [4.78, 5) is 28.7. The van der Waals surface area contributed by atoms with E-state index in [4.69, 9.17) is 16.0 Å². The van der Waals surface area contributed by atoms with E-state index in [-0.39, 0.29) is 17.1 Å². The van der Waals surface area contributed by atoms with Gasteiger partial charge in [-0.25, -0.2) is 0 Å². The third-order valence-corrected chi connectivity index (χ3v) is 6.03. The first kappa shape index (κ1) is 19.6. The molecule has 31 heavy (non-hydrogen) atoms. The molecular weight excluding hydrogens is 410 g/mol. The lowest BCUT2D eigenvalue weighted by atomic mass is 9.98. The Morgan fingerprint density at radius 2 is 1.58 bits per heavy atom. The van der Waals surface area contributed by atoms with Crippen molar-refractivity contribution in [3.05, 3.63) is 116 Å². The summed E-state index contributed by atoms with van der Waals surface area (Å²) in [5, 5.41) is 1.09. The molecule has 4 nitrogen and oxygen atoms in total. The van der Waals surface area contributed by atoms with Gasteiger partial charge in [0.15, 0.2) is 5.43 Å². The summed E-state index contributed by atoms with van der Waals surface area (Å²) in [5.41, 5.74) is 4.56. The van der Waals surface area contributed by atoms with E-state index in [1.807, 2.05) is 62.4 Å². The summed E-state index contributed by atoms with van der Waals surface area (Å²) >= 11 is 6.09. The number of hydrogen-bond acceptors (Lipinski definition) is 3. The smallest absolute Gasteiger partial charge is 0.291 e. The van der Waals surface area contributed by atoms with Crippen molar-refractivity contribution < 1.29 is 9.21 Å². The highest BCUT2D eigenvalue weighted by Gasteiger charge is 2.42. The van der Waals surface area contributed by atoms with Crippen molar-refractivity contribution in [1.82, 2.24) is 4.90 Å². The topological polar surface area (TPSA) is 50.5 Å². The molecule has 0 radical (unpaired) electrons. The van der Waals surface area contributed by atoms with Gasteiger partial charge in [-0.15, -0.1) is 0 Å². The third-order valence-electron chi connectivity index (χ3n) is 5.78. The second-order valence-electron chi connectivity index (χ2n) is 8.05. The van der Waals surface area contributed by atoms with Crippen LogP contribution in [0.4, 0.5) is 0 Å². The maximum Gasteiger partial charge on any atom is 0.291 e. The number of aryl methyl sites for hydroxylation is 2. The predicted molar refractivity (Wildman–Crippen MR) is 122 cm³/mol. The van der Waals surface area contributed by atoms with Gasteiger partial charge in [-0.05, 0) is 49.2 Å². The number of amides is 1. The molecule has 1 aliphatic rings. The maximum atomic E-state index is 13.5. The van der Waals surface area contributed by atoms with Gasteiger partial charge in [-0.1, -0.05) is 65.2 Å². The Kier molecular flexibility index (Phi) is 4.67. The lowest BCUT2D eigenvalue weighted by Gasteiger charge is -2.25. The van der Waals surface area contributed by atoms with Crippen LogP contribution in [0.1, 0.15) is 44.4 Å². The minimum absolute atomic E-state index is 0.119. The highest BCUT2D eigenvalue weighted by atomic mass is 35.5. The molecule has 1 aromatic heterocycles. The normalized spacial score (nSPS) is 15.5. The molecule has 154 valence electrons. The lowest BCUT2D eigenvalue weighted by molar-refractivity contribution is 0.0714. The van der Waals surface area contributed by atoms with Gasteiger partial charge in [0.05, 0.1) is 17.0 Å². The van der Waals surface area contributed by atoms with Crippen molar-refractivity contribution in [2.24, 2.45) is 0 Å². The van der Waals surface area contributed by atoms with Crippen molar-refractivity contribution in [2.75, 3.05) is 0 Å². The molecule has 5 rings (SSSR count). The van der Waals surface area contributed by atoms with Crippen LogP contribution in [0, 0.1) is 13.8 Å². The second kappa shape index (κ2) is 7.40. The Bertz CT molecular complexity index is 1370. The van der Waals surface area contributed by atoms with Crippen molar-refractivity contribution in [3.63, 3.8) is 0 Å². The molecule has 0 N–H and O–H groups in total. The molecule has 2 heterocycles. The quantitative estimate of drug-likeness (QED) is 0.413. The van der Waals surface area contributed by atoms with Gasteiger partial charge in [-0.2, -0.15) is 0 Å². The maximum absolute atomic E-state index is 13.5. The van der Waals surface area contributed by atoms with E-state index in [0.29, 0.717) is 28.1 Å². The molecule has 1 aliphatic heterocycles. The molecule has 0 spiro atoms. The summed E-state index contributed by atoms with van der Waals surface area (Å²) in [7, 11) is 0. The number of fused-ring (bicyclic) bond motifs is 2. The largest absolute Gasteiger partial charge is 0.450 e. The molecule has 1 unspecified atom stereocenters. The molecule has 0 bridgehead atoms. The summed E-state index contributed by atoms with van der Waals surface area (Å²) < 4.78 is 6.00. The van der Waals surface area contributed by atoms with Crippen molar-refractivity contribution >= 4 is 28.5 Å². The number of carbonyl (C=O) groups excluding carboxylic acids is 1. The fourth-order valence-electron chi connectivity index (χ4n) is 4.18. The minimum atomic E-state index is -0.540. The van der Waals surface area contributed by atoms with Crippen LogP contribution in [0.25, 0.3) is 11.0 Å². The first-order valence-electron chi connectivity index (χ1n) is 10.1. The molecule has 4 aromatic rings. The molecule has 5 heteroatoms. The van der Waals surface area contributed by atoms with Gasteiger partial charge < -0.3 is 9.32 Å². The number of carbonyl (C=O) groups is 1. The van der Waals surface area contributed by atoms with Crippen LogP contribution in [0.2, 0.25) is 5.02 Å². The Morgan fingerprint density at radius 1 is 0.903 bits per heavy atom. The van der Waals surface area contributed by atoms with Crippen LogP contribution in [0.5, 0.6) is 0 Å². The highest BCUT2D eigenvalue weighted by molar-refractivity contribution is 6.30. The van der Waals surface area contributed by atoms with Crippen LogP contribution >= 0.6 is 11.6 Å². The van der Waals surface area contributed by atoms with E-state index < -0.39 is 6.04 Å². The standard InChI is InChI=1S/C26H20ClNO3/c1-15-3-6-17(7-4-15)14-28-23(18-8-10-19(27)11-9-18)22-24(29)20-13-16(2)5-12-21(20)31-25(22)26(28)30/h3-13,23H,14H2,1-2H3. The van der Waals surface area contributed by atoms with Crippen LogP contribution in [-0.4, -0.2) is 10.8 Å². The fraction of sp³-hybridized carbons (Fsp3) is 0.154. The molecular formula is C26H20ClNO3. The van der Waals surface area contributed by atoms with Crippen LogP contribution < -0.4 is 5.43 Å². The average Bonchev–Trinajstić information content (AvgIpc) is 3.03. The molecule has 0 saturated heterocycles. The number of rotatable bonds is 3. The zero-order valence-electron chi connectivity index (χ0n) is 17.2. The molecule has 3 aromatic carbocycles. The van der Waals surface area contributed by atoms with Crippen LogP contribution in [0.15, 0.2) is 75.9 Å². The monoisotopic (exact) mass is 429 g/mol. The van der Waals surface area contributed by atoms with E-state index in [2.05, 4.69) is 0 Å². The van der Waals surface area contributed by atoms with Crippen molar-refractivity contribution in [1.29, 1.82) is 0 Å². The van der Waals surface area contributed by atoms with E-state index in [9.17, 15) is 9.59 Å². The van der Waals surface area contributed by atoms with E-state index >= 15 is 0 Å². The Labute approximate surface area is 184 Å². The Morgan fingerprint density at radius 3 is 2.29 bits per heavy atom. The number of hydrogen-bond donors (Lipinski definition) is 0. The predicted octanol–water partition coefficient (Wildman–Crippen LogP) is 5.81. The van der Waals surface area contributed by atoms with Gasteiger partial charge in [0, 0.05) is 11.6 Å². The molecule has 0 aliphatic carbocycles. The second-order valence-corrected chi connectivity index (χ2v) is 8.48. The minimum Gasteiger partial charge on any atom is -0.450 e. The summed E-state index contributed by atoms with van der Waals surface area (Å²) in [5.74, 6) is -0.163. The first-order chi connectivity index (χ1) is 14.9. The SMILES string of the molecule is Cc1ccc(CN2C(=O)c3oc4ccc(C)cc4c(=O)c3C2c2ccc(Cl)cc2)cc1. The van der Waals surface area contributed by atoms with Gasteiger partial charge in [0.2, 0.25) is 5.76 Å². The number of halogens is 1. The first-order valence-corrected chi connectivity index (χ1v) is 10.5. The Balaban J connectivity index is 1.72. The molecule has 1 amide bonds. The summed E-state index contributed by atoms with van der Waals surface area (Å²) in [6.07, 6.45) is 0. The molecule has 1 atom stereocenters. The van der Waals surface area contributed by atoms with Crippen LogP contribution in [0.3, 0.4) is 0 Å². The van der Waals surface area contributed by atoms with Gasteiger partial charge in [0.1, 0.15) is 5.58 Å². The number of nitrogens with zero attached hydrogens (tertiary/aromatic N) is 1. The number of benzene rings is 3. The zero-order valence-corrected chi connectivity index (χ0v) is 17.9. The van der Waals surface area contributed by atoms with Crippen molar-refractivity contribution in [2.45, 2.75) is 26.4 Å². The van der Waals surface area contributed by atoms with Gasteiger partial charge in [-0.3, -0.25) is 9.59 Å². The Hall–Kier alpha value is -3.37.